The summed E-state index contributed by atoms with van der Waals surface area (Å²) in [6.45, 7) is 1.11. The van der Waals surface area contributed by atoms with Gasteiger partial charge in [-0.25, -0.2) is 13.4 Å². The van der Waals surface area contributed by atoms with E-state index in [1.807, 2.05) is 18.2 Å². The number of benzene rings is 2. The number of anilines is 1. The minimum atomic E-state index is -3.74. The predicted molar refractivity (Wildman–Crippen MR) is 169 cm³/mol. The van der Waals surface area contributed by atoms with E-state index in [1.165, 1.54) is 44.9 Å². The molecule has 0 radical (unpaired) electrons. The normalized spacial score (nSPS) is 14.9. The summed E-state index contributed by atoms with van der Waals surface area (Å²) in [7, 11) is -3.74. The van der Waals surface area contributed by atoms with Crippen LogP contribution >= 0.6 is 0 Å². The maximum atomic E-state index is 13.0. The molecular weight excluding hydrogens is 560 g/mol. The molecule has 4 aromatic rings. The molecule has 1 atom stereocenters. The number of aryl methyl sites for hydroxylation is 1. The molecule has 0 amide bonds. The Balaban J connectivity index is 1.06. The lowest BCUT2D eigenvalue weighted by Crippen LogP contribution is -2.23. The quantitative estimate of drug-likeness (QED) is 0.130. The first-order chi connectivity index (χ1) is 21.0. The number of nitrogens with one attached hydrogen (secondary N) is 2. The van der Waals surface area contributed by atoms with Crippen LogP contribution in [0, 0.1) is 5.92 Å². The number of aromatic nitrogens is 2. The van der Waals surface area contributed by atoms with Gasteiger partial charge in [-0.2, -0.15) is 0 Å². The van der Waals surface area contributed by atoms with Crippen LogP contribution in [0.1, 0.15) is 74.5 Å². The Labute approximate surface area is 255 Å². The fourth-order valence-corrected chi connectivity index (χ4v) is 6.72. The van der Waals surface area contributed by atoms with Crippen LogP contribution in [0.3, 0.4) is 0 Å². The number of hydrogen-bond donors (Lipinski definition) is 3. The van der Waals surface area contributed by atoms with Gasteiger partial charge in [0, 0.05) is 42.2 Å². The van der Waals surface area contributed by atoms with Gasteiger partial charge < -0.3 is 14.8 Å². The number of nitrogens with zero attached hydrogens (tertiary/aromatic N) is 2. The van der Waals surface area contributed by atoms with Gasteiger partial charge in [-0.3, -0.25) is 9.71 Å². The summed E-state index contributed by atoms with van der Waals surface area (Å²) in [5.41, 5.74) is 3.13. The second kappa shape index (κ2) is 15.3. The van der Waals surface area contributed by atoms with E-state index in [1.54, 1.807) is 61.1 Å². The summed E-state index contributed by atoms with van der Waals surface area (Å²) in [5.74, 6) is 2.28. The lowest BCUT2D eigenvalue weighted by Gasteiger charge is -2.21. The topological polar surface area (TPSA) is 117 Å². The Morgan fingerprint density at radius 2 is 1.72 bits per heavy atom. The van der Waals surface area contributed by atoms with Crippen LogP contribution in [0.2, 0.25) is 0 Å². The first-order valence-corrected chi connectivity index (χ1v) is 16.9. The number of rotatable bonds is 15. The molecule has 0 bridgehead atoms. The zero-order chi connectivity index (χ0) is 29.9. The summed E-state index contributed by atoms with van der Waals surface area (Å²) in [4.78, 5) is 8.65. The molecule has 9 heteroatoms. The van der Waals surface area contributed by atoms with E-state index in [0.717, 1.165) is 47.8 Å². The SMILES string of the molecule is O=S(=O)(Nc1ccc(CCNCC(O)c2cccnc2)cc1)c1ccc(-c2cnc(CCCCC3CCCCC3)o2)cc1. The molecule has 0 spiro atoms. The third-order valence-corrected chi connectivity index (χ3v) is 9.58. The van der Waals surface area contributed by atoms with Crippen LogP contribution in [0.15, 0.2) is 88.6 Å². The Bertz CT molecular complexity index is 1500. The van der Waals surface area contributed by atoms with Gasteiger partial charge in [0.2, 0.25) is 0 Å². The van der Waals surface area contributed by atoms with Crippen molar-refractivity contribution >= 4 is 15.7 Å². The van der Waals surface area contributed by atoms with E-state index in [-0.39, 0.29) is 4.90 Å². The molecule has 1 aliphatic rings. The zero-order valence-electron chi connectivity index (χ0n) is 24.6. The maximum absolute atomic E-state index is 13.0. The van der Waals surface area contributed by atoms with Gasteiger partial charge in [0.05, 0.1) is 17.2 Å². The first-order valence-electron chi connectivity index (χ1n) is 15.4. The highest BCUT2D eigenvalue weighted by atomic mass is 32.2. The number of oxazole rings is 1. The standard InChI is InChI=1S/C34H42N4O4S/c39-32(29-10-6-21-35-23-29)24-36-22-20-27-12-16-30(17-13-27)38-43(40,41)31-18-14-28(15-19-31)33-25-37-34(42-33)11-5-4-9-26-7-2-1-3-8-26/h6,10,12-19,21,23,25-26,32,36,38-39H,1-5,7-9,11,20,22,24H2. The van der Waals surface area contributed by atoms with Crippen molar-refractivity contribution < 1.29 is 17.9 Å². The Morgan fingerprint density at radius 1 is 0.930 bits per heavy atom. The molecule has 1 aliphatic carbocycles. The molecule has 1 saturated carbocycles. The molecule has 1 unspecified atom stereocenters. The van der Waals surface area contributed by atoms with Crippen molar-refractivity contribution in [3.8, 4) is 11.3 Å². The second-order valence-electron chi connectivity index (χ2n) is 11.5. The number of unbranched alkanes of at least 4 members (excludes halogenated alkanes) is 1. The number of aliphatic hydroxyl groups excluding tert-OH is 1. The van der Waals surface area contributed by atoms with Crippen molar-refractivity contribution in [1.29, 1.82) is 0 Å². The van der Waals surface area contributed by atoms with E-state index >= 15 is 0 Å². The molecule has 5 rings (SSSR count). The van der Waals surface area contributed by atoms with Crippen molar-refractivity contribution in [2.75, 3.05) is 17.8 Å². The van der Waals surface area contributed by atoms with Crippen LogP contribution in [-0.4, -0.2) is 36.6 Å². The number of hydrogen-bond acceptors (Lipinski definition) is 7. The summed E-state index contributed by atoms with van der Waals surface area (Å²) < 4.78 is 34.6. The summed E-state index contributed by atoms with van der Waals surface area (Å²) >= 11 is 0. The third kappa shape index (κ3) is 9.23. The summed E-state index contributed by atoms with van der Waals surface area (Å²) in [5, 5.41) is 13.5. The van der Waals surface area contributed by atoms with Crippen molar-refractivity contribution in [2.24, 2.45) is 5.92 Å². The van der Waals surface area contributed by atoms with E-state index in [4.69, 9.17) is 4.42 Å². The average Bonchev–Trinajstić information content (AvgIpc) is 3.52. The molecule has 2 heterocycles. The summed E-state index contributed by atoms with van der Waals surface area (Å²) in [6, 6.07) is 17.7. The van der Waals surface area contributed by atoms with Gasteiger partial charge in [-0.1, -0.05) is 63.1 Å². The molecule has 8 nitrogen and oxygen atoms in total. The fraction of sp³-hybridized carbons (Fsp3) is 0.412. The van der Waals surface area contributed by atoms with E-state index < -0.39 is 16.1 Å². The summed E-state index contributed by atoms with van der Waals surface area (Å²) in [6.07, 6.45) is 16.6. The molecule has 43 heavy (non-hydrogen) atoms. The Morgan fingerprint density at radius 3 is 2.47 bits per heavy atom. The van der Waals surface area contributed by atoms with Gasteiger partial charge in [0.25, 0.3) is 10.0 Å². The van der Waals surface area contributed by atoms with Crippen LogP contribution in [-0.2, 0) is 22.9 Å². The largest absolute Gasteiger partial charge is 0.441 e. The van der Waals surface area contributed by atoms with Crippen LogP contribution in [0.5, 0.6) is 0 Å². The molecule has 3 N–H and O–H groups in total. The highest BCUT2D eigenvalue weighted by Gasteiger charge is 2.16. The lowest BCUT2D eigenvalue weighted by molar-refractivity contribution is 0.174. The van der Waals surface area contributed by atoms with Crippen molar-refractivity contribution in [1.82, 2.24) is 15.3 Å². The third-order valence-electron chi connectivity index (χ3n) is 8.18. The van der Waals surface area contributed by atoms with Gasteiger partial charge in [0.15, 0.2) is 11.7 Å². The van der Waals surface area contributed by atoms with Crippen molar-refractivity contribution in [3.63, 3.8) is 0 Å². The van der Waals surface area contributed by atoms with Crippen LogP contribution in [0.4, 0.5) is 5.69 Å². The van der Waals surface area contributed by atoms with E-state index in [2.05, 4.69) is 20.0 Å². The van der Waals surface area contributed by atoms with Crippen LogP contribution < -0.4 is 10.0 Å². The molecular formula is C34H42N4O4S. The second-order valence-corrected chi connectivity index (χ2v) is 13.1. The van der Waals surface area contributed by atoms with Gasteiger partial charge in [-0.15, -0.1) is 0 Å². The van der Waals surface area contributed by atoms with E-state index in [9.17, 15) is 13.5 Å². The number of pyridine rings is 1. The van der Waals surface area contributed by atoms with Gasteiger partial charge >= 0.3 is 0 Å². The van der Waals surface area contributed by atoms with E-state index in [0.29, 0.717) is 24.5 Å². The minimum absolute atomic E-state index is 0.180. The van der Waals surface area contributed by atoms with Gasteiger partial charge in [0.1, 0.15) is 0 Å². The molecule has 1 fully saturated rings. The number of aliphatic hydroxyl groups is 1. The molecule has 2 aromatic heterocycles. The smallest absolute Gasteiger partial charge is 0.261 e. The highest BCUT2D eigenvalue weighted by Crippen LogP contribution is 2.28. The fourth-order valence-electron chi connectivity index (χ4n) is 5.66. The molecule has 2 aromatic carbocycles. The van der Waals surface area contributed by atoms with Crippen LogP contribution in [0.25, 0.3) is 11.3 Å². The first kappa shape index (κ1) is 30.9. The Kier molecular flexibility index (Phi) is 11.0. The lowest BCUT2D eigenvalue weighted by atomic mass is 9.86. The van der Waals surface area contributed by atoms with Crippen molar-refractivity contribution in [3.05, 3.63) is 96.3 Å². The monoisotopic (exact) mass is 602 g/mol. The molecule has 0 saturated heterocycles. The predicted octanol–water partition coefficient (Wildman–Crippen LogP) is 6.70. The molecule has 0 aliphatic heterocycles. The number of sulfonamides is 1. The molecule has 228 valence electrons. The zero-order valence-corrected chi connectivity index (χ0v) is 25.4. The minimum Gasteiger partial charge on any atom is -0.441 e. The van der Waals surface area contributed by atoms with Crippen molar-refractivity contribution in [2.45, 2.75) is 75.2 Å². The van der Waals surface area contributed by atoms with Gasteiger partial charge in [-0.05, 0) is 73.3 Å². The maximum Gasteiger partial charge on any atom is 0.261 e. The average molecular weight is 603 g/mol. The Hall–Kier alpha value is -3.53. The highest BCUT2D eigenvalue weighted by molar-refractivity contribution is 7.92.